The molecule has 8 heteroatoms. The number of rotatable bonds is 5. The first-order valence-corrected chi connectivity index (χ1v) is 11.7. The minimum Gasteiger partial charge on any atom is -0.478 e. The highest BCUT2D eigenvalue weighted by molar-refractivity contribution is 6.46. The first-order chi connectivity index (χ1) is 18.2. The molecule has 1 aliphatic rings. The van der Waals surface area contributed by atoms with Crippen molar-refractivity contribution >= 4 is 41.3 Å². The standard InChI is InChI=1S/C30H22N2O6/c1-18-8-12-22(13-9-18)32-28(34)25(27(33)31(30(32)37)21-6-4-3-5-7-21)17-23-14-15-26(38-23)24-16-20(29(35)36)11-10-19(24)2/h3-17H,1-2H3,(H,35,36)/b25-17+. The van der Waals surface area contributed by atoms with Gasteiger partial charge in [0.1, 0.15) is 17.1 Å². The highest BCUT2D eigenvalue weighted by Gasteiger charge is 2.43. The Hall–Kier alpha value is -5.24. The number of aryl methyl sites for hydroxylation is 2. The van der Waals surface area contributed by atoms with Gasteiger partial charge >= 0.3 is 12.0 Å². The average molecular weight is 507 g/mol. The number of amides is 4. The smallest absolute Gasteiger partial charge is 0.343 e. The number of urea groups is 1. The number of imide groups is 2. The predicted molar refractivity (Wildman–Crippen MR) is 142 cm³/mol. The Morgan fingerprint density at radius 2 is 1.42 bits per heavy atom. The lowest BCUT2D eigenvalue weighted by Gasteiger charge is -2.33. The highest BCUT2D eigenvalue weighted by atomic mass is 16.4. The quantitative estimate of drug-likeness (QED) is 0.269. The van der Waals surface area contributed by atoms with Crippen LogP contribution in [0.5, 0.6) is 0 Å². The largest absolute Gasteiger partial charge is 0.478 e. The normalized spacial score (nSPS) is 14.9. The molecule has 0 aliphatic carbocycles. The maximum Gasteiger partial charge on any atom is 0.343 e. The number of nitrogens with zero attached hydrogens (tertiary/aromatic N) is 2. The van der Waals surface area contributed by atoms with Crippen LogP contribution in [0.15, 0.2) is 94.9 Å². The Bertz CT molecular complexity index is 1620. The number of anilines is 2. The molecule has 3 aromatic carbocycles. The molecule has 4 aromatic rings. The van der Waals surface area contributed by atoms with E-state index < -0.39 is 23.8 Å². The van der Waals surface area contributed by atoms with Crippen molar-refractivity contribution in [2.45, 2.75) is 13.8 Å². The number of hydrogen-bond acceptors (Lipinski definition) is 5. The van der Waals surface area contributed by atoms with E-state index in [0.29, 0.717) is 22.7 Å². The van der Waals surface area contributed by atoms with E-state index in [1.165, 1.54) is 18.2 Å². The fraction of sp³-hybridized carbons (Fsp3) is 0.0667. The molecule has 2 heterocycles. The van der Waals surface area contributed by atoms with Gasteiger partial charge in [0.05, 0.1) is 16.9 Å². The van der Waals surface area contributed by atoms with Crippen molar-refractivity contribution < 1.29 is 28.7 Å². The van der Waals surface area contributed by atoms with Gasteiger partial charge in [-0.1, -0.05) is 42.0 Å². The summed E-state index contributed by atoms with van der Waals surface area (Å²) >= 11 is 0. The maximum absolute atomic E-state index is 13.5. The molecule has 0 atom stereocenters. The second-order valence-corrected chi connectivity index (χ2v) is 8.83. The molecule has 1 aromatic heterocycles. The molecule has 38 heavy (non-hydrogen) atoms. The number of benzene rings is 3. The average Bonchev–Trinajstić information content (AvgIpc) is 3.37. The van der Waals surface area contributed by atoms with E-state index in [9.17, 15) is 24.3 Å². The van der Waals surface area contributed by atoms with Gasteiger partial charge in [-0.2, -0.15) is 0 Å². The Morgan fingerprint density at radius 3 is 2.05 bits per heavy atom. The van der Waals surface area contributed by atoms with Crippen molar-refractivity contribution in [3.8, 4) is 11.3 Å². The van der Waals surface area contributed by atoms with Crippen LogP contribution in [-0.4, -0.2) is 28.9 Å². The molecule has 0 bridgehead atoms. The summed E-state index contributed by atoms with van der Waals surface area (Å²) in [6.45, 7) is 3.70. The molecule has 0 unspecified atom stereocenters. The topological polar surface area (TPSA) is 108 Å². The number of hydrogen-bond donors (Lipinski definition) is 1. The fourth-order valence-corrected chi connectivity index (χ4v) is 4.19. The van der Waals surface area contributed by atoms with Crippen LogP contribution < -0.4 is 9.80 Å². The summed E-state index contributed by atoms with van der Waals surface area (Å²) in [7, 11) is 0. The van der Waals surface area contributed by atoms with Crippen LogP contribution in [0.25, 0.3) is 17.4 Å². The fourth-order valence-electron chi connectivity index (χ4n) is 4.19. The molecule has 1 aliphatic heterocycles. The molecule has 4 amide bonds. The Morgan fingerprint density at radius 1 is 0.789 bits per heavy atom. The number of carboxylic acid groups (broad SMARTS) is 1. The number of carbonyl (C=O) groups excluding carboxylic acids is 3. The second kappa shape index (κ2) is 9.67. The predicted octanol–water partition coefficient (Wildman–Crippen LogP) is 5.85. The molecule has 1 N–H and O–H groups in total. The summed E-state index contributed by atoms with van der Waals surface area (Å²) in [5, 5.41) is 9.35. The Balaban J connectivity index is 1.59. The summed E-state index contributed by atoms with van der Waals surface area (Å²) in [5.41, 5.74) is 2.79. The zero-order valence-corrected chi connectivity index (χ0v) is 20.5. The summed E-state index contributed by atoms with van der Waals surface area (Å²) < 4.78 is 5.91. The van der Waals surface area contributed by atoms with Crippen molar-refractivity contribution in [2.24, 2.45) is 0 Å². The van der Waals surface area contributed by atoms with Gasteiger partial charge in [0, 0.05) is 5.56 Å². The van der Waals surface area contributed by atoms with E-state index in [-0.39, 0.29) is 16.9 Å². The Labute approximate surface area is 218 Å². The van der Waals surface area contributed by atoms with E-state index in [1.54, 1.807) is 72.8 Å². The van der Waals surface area contributed by atoms with Crippen LogP contribution >= 0.6 is 0 Å². The second-order valence-electron chi connectivity index (χ2n) is 8.83. The molecule has 5 rings (SSSR count). The number of carbonyl (C=O) groups is 4. The lowest BCUT2D eigenvalue weighted by Crippen LogP contribution is -2.57. The van der Waals surface area contributed by atoms with Crippen LogP contribution in [0.2, 0.25) is 0 Å². The summed E-state index contributed by atoms with van der Waals surface area (Å²) in [6, 6.07) is 22.3. The zero-order valence-electron chi connectivity index (χ0n) is 20.5. The number of barbiturate groups is 1. The molecular formula is C30H22N2O6. The van der Waals surface area contributed by atoms with Gasteiger partial charge in [-0.25, -0.2) is 19.4 Å². The number of para-hydroxylation sites is 1. The van der Waals surface area contributed by atoms with E-state index in [1.807, 2.05) is 13.8 Å². The maximum atomic E-state index is 13.5. The summed E-state index contributed by atoms with van der Waals surface area (Å²) in [4.78, 5) is 53.9. The van der Waals surface area contributed by atoms with E-state index in [0.717, 1.165) is 20.9 Å². The van der Waals surface area contributed by atoms with Crippen molar-refractivity contribution in [2.75, 3.05) is 9.80 Å². The van der Waals surface area contributed by atoms with Gasteiger partial charge < -0.3 is 9.52 Å². The molecule has 0 saturated carbocycles. The van der Waals surface area contributed by atoms with Gasteiger partial charge in [0.25, 0.3) is 11.8 Å². The zero-order chi connectivity index (χ0) is 27.0. The van der Waals surface area contributed by atoms with Crippen LogP contribution in [0.1, 0.15) is 27.2 Å². The Kier molecular flexibility index (Phi) is 6.22. The lowest BCUT2D eigenvalue weighted by atomic mass is 10.0. The molecule has 1 fully saturated rings. The third-order valence-electron chi connectivity index (χ3n) is 6.22. The molecular weight excluding hydrogens is 484 g/mol. The highest BCUT2D eigenvalue weighted by Crippen LogP contribution is 2.32. The van der Waals surface area contributed by atoms with Gasteiger partial charge in [-0.15, -0.1) is 0 Å². The van der Waals surface area contributed by atoms with Gasteiger partial charge in [-0.05, 0) is 74.0 Å². The lowest BCUT2D eigenvalue weighted by molar-refractivity contribution is -0.121. The molecule has 0 spiro atoms. The van der Waals surface area contributed by atoms with Crippen molar-refractivity contribution in [1.82, 2.24) is 0 Å². The molecule has 1 saturated heterocycles. The third kappa shape index (κ3) is 4.39. The molecule has 0 radical (unpaired) electrons. The van der Waals surface area contributed by atoms with Crippen molar-refractivity contribution in [3.63, 3.8) is 0 Å². The van der Waals surface area contributed by atoms with Crippen LogP contribution in [0.3, 0.4) is 0 Å². The monoisotopic (exact) mass is 506 g/mol. The van der Waals surface area contributed by atoms with E-state index in [4.69, 9.17) is 4.42 Å². The van der Waals surface area contributed by atoms with Gasteiger partial charge in [0.15, 0.2) is 0 Å². The third-order valence-corrected chi connectivity index (χ3v) is 6.22. The SMILES string of the molecule is Cc1ccc(N2C(=O)/C(=C/c3ccc(-c4cc(C(=O)O)ccc4C)o3)C(=O)N(c3ccccc3)C2=O)cc1. The summed E-state index contributed by atoms with van der Waals surface area (Å²) in [5.74, 6) is -2.06. The minimum atomic E-state index is -1.07. The summed E-state index contributed by atoms with van der Waals surface area (Å²) in [6.07, 6.45) is 1.30. The van der Waals surface area contributed by atoms with E-state index >= 15 is 0 Å². The number of aromatic carboxylic acids is 1. The first kappa shape index (κ1) is 24.5. The number of carboxylic acids is 1. The number of furan rings is 1. The van der Waals surface area contributed by atoms with Gasteiger partial charge in [0.2, 0.25) is 0 Å². The van der Waals surface area contributed by atoms with Crippen LogP contribution in [-0.2, 0) is 9.59 Å². The van der Waals surface area contributed by atoms with Gasteiger partial charge in [-0.3, -0.25) is 9.59 Å². The molecule has 188 valence electrons. The van der Waals surface area contributed by atoms with Crippen LogP contribution in [0, 0.1) is 13.8 Å². The minimum absolute atomic E-state index is 0.102. The van der Waals surface area contributed by atoms with Crippen molar-refractivity contribution in [1.29, 1.82) is 0 Å². The van der Waals surface area contributed by atoms with Crippen LogP contribution in [0.4, 0.5) is 16.2 Å². The van der Waals surface area contributed by atoms with Crippen molar-refractivity contribution in [3.05, 3.63) is 113 Å². The van der Waals surface area contributed by atoms with E-state index in [2.05, 4.69) is 0 Å². The first-order valence-electron chi connectivity index (χ1n) is 11.7. The molecule has 8 nitrogen and oxygen atoms in total.